The lowest BCUT2D eigenvalue weighted by atomic mass is 9.77. The van der Waals surface area contributed by atoms with Crippen LogP contribution in [0.3, 0.4) is 0 Å². The average molecular weight is 455 g/mol. The number of nitrogens with two attached hydrogens (primary N) is 1. The molecule has 5 rings (SSSR count). The van der Waals surface area contributed by atoms with Gasteiger partial charge in [0, 0.05) is 5.69 Å². The molecular formula is C30H34N2O2. The van der Waals surface area contributed by atoms with E-state index in [0.717, 1.165) is 28.5 Å². The second-order valence-electron chi connectivity index (χ2n) is 9.70. The number of amides is 1. The van der Waals surface area contributed by atoms with Gasteiger partial charge in [-0.1, -0.05) is 61.9 Å². The normalized spacial score (nSPS) is 19.9. The highest BCUT2D eigenvalue weighted by molar-refractivity contribution is 5.97. The first-order chi connectivity index (χ1) is 16.6. The first-order valence-electron chi connectivity index (χ1n) is 12.6. The lowest BCUT2D eigenvalue weighted by molar-refractivity contribution is -0.118. The Morgan fingerprint density at radius 2 is 1.71 bits per heavy atom. The number of nitrogen functional groups attached to an aromatic ring is 1. The number of hydrogen-bond acceptors (Lipinski definition) is 3. The maximum atomic E-state index is 13.1. The van der Waals surface area contributed by atoms with Crippen LogP contribution in [-0.2, 0) is 11.2 Å². The Bertz CT molecular complexity index is 1150. The maximum Gasteiger partial charge on any atom is 0.231 e. The van der Waals surface area contributed by atoms with Gasteiger partial charge >= 0.3 is 0 Å². The predicted octanol–water partition coefficient (Wildman–Crippen LogP) is 6.59. The molecule has 2 aliphatic rings. The van der Waals surface area contributed by atoms with Crippen LogP contribution >= 0.6 is 0 Å². The smallest absolute Gasteiger partial charge is 0.231 e. The van der Waals surface area contributed by atoms with Crippen LogP contribution < -0.4 is 15.4 Å². The standard InChI is InChI=1S/C30H34N2O2/c1-2-21-7-9-22(10-8-21)23-11-13-24(14-12-23)25-15-16-28-29(19-25)34-18-17-32(28)30(33)20-26-5-3-4-6-27(26)31/h3-6,11-16,19,21-22H,2,7-10,17-18,20,31H2,1H3. The quantitative estimate of drug-likeness (QED) is 0.443. The molecule has 1 heterocycles. The molecule has 0 atom stereocenters. The van der Waals surface area contributed by atoms with Gasteiger partial charge in [-0.2, -0.15) is 0 Å². The average Bonchev–Trinajstić information content (AvgIpc) is 2.89. The number of benzene rings is 3. The Morgan fingerprint density at radius 3 is 2.44 bits per heavy atom. The molecule has 176 valence electrons. The molecule has 4 nitrogen and oxygen atoms in total. The van der Waals surface area contributed by atoms with Crippen LogP contribution in [0, 0.1) is 5.92 Å². The van der Waals surface area contributed by atoms with Gasteiger partial charge in [0.25, 0.3) is 0 Å². The fourth-order valence-corrected chi connectivity index (χ4v) is 5.46. The first-order valence-corrected chi connectivity index (χ1v) is 12.6. The zero-order chi connectivity index (χ0) is 23.5. The maximum absolute atomic E-state index is 13.1. The van der Waals surface area contributed by atoms with Crippen molar-refractivity contribution in [3.63, 3.8) is 0 Å². The van der Waals surface area contributed by atoms with Gasteiger partial charge in [0.15, 0.2) is 0 Å². The molecule has 34 heavy (non-hydrogen) atoms. The number of carbonyl (C=O) groups is 1. The molecule has 4 heteroatoms. The van der Waals surface area contributed by atoms with Crippen molar-refractivity contribution >= 4 is 17.3 Å². The number of carbonyl (C=O) groups excluding carboxylic acids is 1. The number of anilines is 2. The third-order valence-corrected chi connectivity index (χ3v) is 7.66. The van der Waals surface area contributed by atoms with Gasteiger partial charge in [0.05, 0.1) is 18.7 Å². The molecule has 2 N–H and O–H groups in total. The number of ether oxygens (including phenoxy) is 1. The molecule has 1 amide bonds. The minimum absolute atomic E-state index is 0.0392. The van der Waals surface area contributed by atoms with E-state index in [1.165, 1.54) is 43.2 Å². The van der Waals surface area contributed by atoms with E-state index in [4.69, 9.17) is 10.5 Å². The van der Waals surface area contributed by atoms with Crippen molar-refractivity contribution in [1.29, 1.82) is 0 Å². The van der Waals surface area contributed by atoms with Crippen LogP contribution in [0.2, 0.25) is 0 Å². The molecule has 0 aromatic heterocycles. The zero-order valence-electron chi connectivity index (χ0n) is 20.0. The summed E-state index contributed by atoms with van der Waals surface area (Å²) in [6, 6.07) is 22.8. The van der Waals surface area contributed by atoms with Crippen LogP contribution in [0.4, 0.5) is 11.4 Å². The van der Waals surface area contributed by atoms with Crippen LogP contribution in [0.1, 0.15) is 56.1 Å². The molecular weight excluding hydrogens is 420 g/mol. The van der Waals surface area contributed by atoms with Gasteiger partial charge in [-0.15, -0.1) is 0 Å². The second kappa shape index (κ2) is 9.92. The molecule has 0 spiro atoms. The van der Waals surface area contributed by atoms with Crippen LogP contribution in [0.15, 0.2) is 66.7 Å². The SMILES string of the molecule is CCC1CCC(c2ccc(-c3ccc4c(c3)OCCN4C(=O)Cc3ccccc3N)cc2)CC1. The highest BCUT2D eigenvalue weighted by Crippen LogP contribution is 2.39. The first kappa shape index (κ1) is 22.5. The number of rotatable bonds is 5. The predicted molar refractivity (Wildman–Crippen MR) is 139 cm³/mol. The topological polar surface area (TPSA) is 55.6 Å². The number of nitrogens with zero attached hydrogens (tertiary/aromatic N) is 1. The molecule has 3 aromatic carbocycles. The van der Waals surface area contributed by atoms with Crippen molar-refractivity contribution in [3.05, 3.63) is 77.9 Å². The molecule has 0 bridgehead atoms. The fraction of sp³-hybridized carbons (Fsp3) is 0.367. The van der Waals surface area contributed by atoms with E-state index in [9.17, 15) is 4.79 Å². The molecule has 3 aromatic rings. The summed E-state index contributed by atoms with van der Waals surface area (Å²) in [6.45, 7) is 3.36. The van der Waals surface area contributed by atoms with Gasteiger partial charge in [-0.3, -0.25) is 4.79 Å². The highest BCUT2D eigenvalue weighted by atomic mass is 16.5. The summed E-state index contributed by atoms with van der Waals surface area (Å²) in [7, 11) is 0. The van der Waals surface area contributed by atoms with Crippen molar-refractivity contribution in [2.75, 3.05) is 23.8 Å². The largest absolute Gasteiger partial charge is 0.490 e. The Labute approximate surface area is 202 Å². The van der Waals surface area contributed by atoms with Crippen molar-refractivity contribution in [3.8, 4) is 16.9 Å². The van der Waals surface area contributed by atoms with E-state index in [-0.39, 0.29) is 12.3 Å². The minimum atomic E-state index is 0.0392. The van der Waals surface area contributed by atoms with Crippen LogP contribution in [-0.4, -0.2) is 19.1 Å². The van der Waals surface area contributed by atoms with Crippen molar-refractivity contribution in [1.82, 2.24) is 0 Å². The third kappa shape index (κ3) is 4.68. The number of fused-ring (bicyclic) bond motifs is 1. The molecule has 1 saturated carbocycles. The minimum Gasteiger partial charge on any atom is -0.490 e. The Balaban J connectivity index is 1.31. The second-order valence-corrected chi connectivity index (χ2v) is 9.70. The van der Waals surface area contributed by atoms with Crippen LogP contribution in [0.5, 0.6) is 5.75 Å². The fourth-order valence-electron chi connectivity index (χ4n) is 5.46. The summed E-state index contributed by atoms with van der Waals surface area (Å²) in [5.74, 6) is 2.42. The summed E-state index contributed by atoms with van der Waals surface area (Å²) >= 11 is 0. The summed E-state index contributed by atoms with van der Waals surface area (Å²) < 4.78 is 5.96. The van der Waals surface area contributed by atoms with E-state index in [0.29, 0.717) is 24.8 Å². The van der Waals surface area contributed by atoms with E-state index in [1.807, 2.05) is 35.2 Å². The van der Waals surface area contributed by atoms with Gasteiger partial charge in [0.1, 0.15) is 12.4 Å². The summed E-state index contributed by atoms with van der Waals surface area (Å²) in [5.41, 5.74) is 12.2. The van der Waals surface area contributed by atoms with Gasteiger partial charge < -0.3 is 15.4 Å². The van der Waals surface area contributed by atoms with Crippen molar-refractivity contribution < 1.29 is 9.53 Å². The molecule has 1 aliphatic carbocycles. The molecule has 0 radical (unpaired) electrons. The molecule has 1 fully saturated rings. The Hall–Kier alpha value is -3.27. The Morgan fingerprint density at radius 1 is 0.971 bits per heavy atom. The molecule has 0 saturated heterocycles. The van der Waals surface area contributed by atoms with E-state index in [1.54, 1.807) is 0 Å². The van der Waals surface area contributed by atoms with Gasteiger partial charge in [0.2, 0.25) is 5.91 Å². The zero-order valence-corrected chi connectivity index (χ0v) is 20.0. The summed E-state index contributed by atoms with van der Waals surface area (Å²) in [5, 5.41) is 0. The lowest BCUT2D eigenvalue weighted by Gasteiger charge is -2.30. The van der Waals surface area contributed by atoms with E-state index in [2.05, 4.69) is 43.3 Å². The van der Waals surface area contributed by atoms with Gasteiger partial charge in [-0.25, -0.2) is 0 Å². The van der Waals surface area contributed by atoms with E-state index >= 15 is 0 Å². The van der Waals surface area contributed by atoms with Crippen LogP contribution in [0.25, 0.3) is 11.1 Å². The van der Waals surface area contributed by atoms with Gasteiger partial charge in [-0.05, 0) is 78.0 Å². The van der Waals surface area contributed by atoms with Crippen molar-refractivity contribution in [2.45, 2.75) is 51.4 Å². The summed E-state index contributed by atoms with van der Waals surface area (Å²) in [4.78, 5) is 14.9. The Kier molecular flexibility index (Phi) is 6.57. The monoisotopic (exact) mass is 454 g/mol. The molecule has 0 unspecified atom stereocenters. The highest BCUT2D eigenvalue weighted by Gasteiger charge is 2.25. The summed E-state index contributed by atoms with van der Waals surface area (Å²) in [6.07, 6.45) is 6.94. The lowest BCUT2D eigenvalue weighted by Crippen LogP contribution is -2.39. The number of para-hydroxylation sites is 1. The van der Waals surface area contributed by atoms with Crippen molar-refractivity contribution in [2.24, 2.45) is 5.92 Å². The molecule has 1 aliphatic heterocycles. The third-order valence-electron chi connectivity index (χ3n) is 7.66. The van der Waals surface area contributed by atoms with E-state index < -0.39 is 0 Å². The number of hydrogen-bond donors (Lipinski definition) is 1.